The van der Waals surface area contributed by atoms with E-state index in [0.717, 1.165) is 23.6 Å². The Hall–Kier alpha value is -5.20. The van der Waals surface area contributed by atoms with Gasteiger partial charge in [0.2, 0.25) is 0 Å². The first-order valence-electron chi connectivity index (χ1n) is 17.7. The van der Waals surface area contributed by atoms with Crippen LogP contribution in [0.3, 0.4) is 0 Å². The smallest absolute Gasteiger partial charge is 0.323 e. The van der Waals surface area contributed by atoms with Crippen molar-refractivity contribution in [3.05, 3.63) is 96.3 Å². The largest absolute Gasteiger partial charge is 0.490 e. The number of carbonyl (C=O) groups excluding carboxylic acids is 3. The van der Waals surface area contributed by atoms with Crippen molar-refractivity contribution in [1.29, 1.82) is 0 Å². The molecule has 0 saturated heterocycles. The predicted octanol–water partition coefficient (Wildman–Crippen LogP) is 7.58. The average Bonchev–Trinajstić information content (AvgIpc) is 3.13. The number of hydrogen-bond donors (Lipinski definition) is 4. The molecule has 0 radical (unpaired) electrons. The Bertz CT molecular complexity index is 1830. The van der Waals surface area contributed by atoms with E-state index in [0.29, 0.717) is 35.8 Å². The van der Waals surface area contributed by atoms with Crippen LogP contribution in [0.1, 0.15) is 50.4 Å². The van der Waals surface area contributed by atoms with Gasteiger partial charge in [-0.25, -0.2) is 14.0 Å². The van der Waals surface area contributed by atoms with Crippen molar-refractivity contribution in [2.75, 3.05) is 49.3 Å². The number of fused-ring (bicyclic) bond motifs is 2. The van der Waals surface area contributed by atoms with Gasteiger partial charge >= 0.3 is 12.1 Å². The second-order valence-corrected chi connectivity index (χ2v) is 13.4. The molecule has 52 heavy (non-hydrogen) atoms. The number of ether oxygens (including phenoxy) is 2. The van der Waals surface area contributed by atoms with Gasteiger partial charge in [0.1, 0.15) is 11.6 Å². The average molecular weight is 714 g/mol. The lowest BCUT2D eigenvalue weighted by molar-refractivity contribution is -0.0115. The molecule has 1 heterocycles. The molecule has 0 fully saturated rings. The zero-order chi connectivity index (χ0) is 37.2. The van der Waals surface area contributed by atoms with E-state index in [1.807, 2.05) is 56.3 Å². The van der Waals surface area contributed by atoms with E-state index in [-0.39, 0.29) is 43.3 Å². The highest BCUT2D eigenvalue weighted by Crippen LogP contribution is 2.29. The molecule has 4 atom stereocenters. The quantitative estimate of drug-likeness (QED) is 0.156. The van der Waals surface area contributed by atoms with Gasteiger partial charge in [0.05, 0.1) is 36.1 Å². The number of aliphatic hydroxyl groups is 1. The van der Waals surface area contributed by atoms with E-state index in [4.69, 9.17) is 9.47 Å². The fraction of sp³-hybridized carbons (Fsp3) is 0.375. The number of anilines is 3. The summed E-state index contributed by atoms with van der Waals surface area (Å²) in [5.41, 5.74) is 1.67. The predicted molar refractivity (Wildman–Crippen MR) is 202 cm³/mol. The Balaban J connectivity index is 1.36. The molecule has 5 amide bonds. The van der Waals surface area contributed by atoms with E-state index in [1.165, 1.54) is 24.3 Å². The molecule has 5 rings (SSSR count). The second-order valence-electron chi connectivity index (χ2n) is 13.4. The highest BCUT2D eigenvalue weighted by Gasteiger charge is 2.31. The topological polar surface area (TPSA) is 132 Å². The van der Waals surface area contributed by atoms with Crippen LogP contribution in [-0.4, -0.2) is 84.5 Å². The Labute approximate surface area is 304 Å². The highest BCUT2D eigenvalue weighted by atomic mass is 19.1. The van der Waals surface area contributed by atoms with Gasteiger partial charge in [-0.2, -0.15) is 0 Å². The number of amides is 5. The first-order chi connectivity index (χ1) is 25.0. The van der Waals surface area contributed by atoms with Crippen molar-refractivity contribution in [1.82, 2.24) is 9.80 Å². The third kappa shape index (κ3) is 9.98. The van der Waals surface area contributed by atoms with Crippen LogP contribution in [0.15, 0.2) is 84.9 Å². The highest BCUT2D eigenvalue weighted by molar-refractivity contribution is 6.03. The van der Waals surface area contributed by atoms with Crippen LogP contribution in [-0.2, 0) is 4.74 Å². The number of aliphatic hydroxyl groups excluding tert-OH is 1. The molecule has 4 aromatic carbocycles. The van der Waals surface area contributed by atoms with Crippen LogP contribution in [0.4, 0.5) is 31.0 Å². The van der Waals surface area contributed by atoms with Crippen LogP contribution in [0.2, 0.25) is 0 Å². The first kappa shape index (κ1) is 38.0. The third-order valence-electron chi connectivity index (χ3n) is 9.24. The van der Waals surface area contributed by atoms with Gasteiger partial charge < -0.3 is 40.3 Å². The summed E-state index contributed by atoms with van der Waals surface area (Å²) < 4.78 is 26.0. The number of urea groups is 2. The SMILES string of the molecule is C[C@@H]1CCCCO[C@H](CN(C)C(=O)Nc2cccc3ccccc23)[C@@H](C)CN([C@H](C)CO)C(=O)c2cc(NC(=O)Nc3ccc(F)cc3)ccc2O1. The van der Waals surface area contributed by atoms with Crippen LogP contribution in [0, 0.1) is 11.7 Å². The summed E-state index contributed by atoms with van der Waals surface area (Å²) in [6.45, 7) is 6.31. The zero-order valence-corrected chi connectivity index (χ0v) is 30.1. The number of nitrogens with zero attached hydrogens (tertiary/aromatic N) is 2. The molecule has 0 aliphatic carbocycles. The number of hydrogen-bond acceptors (Lipinski definition) is 6. The van der Waals surface area contributed by atoms with E-state index < -0.39 is 29.9 Å². The molecule has 0 spiro atoms. The number of rotatable bonds is 7. The van der Waals surface area contributed by atoms with Gasteiger partial charge in [0, 0.05) is 49.4 Å². The van der Waals surface area contributed by atoms with Gasteiger partial charge in [-0.3, -0.25) is 4.79 Å². The van der Waals surface area contributed by atoms with Gasteiger partial charge in [-0.05, 0) is 87.0 Å². The molecule has 0 bridgehead atoms. The third-order valence-corrected chi connectivity index (χ3v) is 9.24. The maximum Gasteiger partial charge on any atom is 0.323 e. The molecule has 4 aromatic rings. The molecule has 0 unspecified atom stereocenters. The van der Waals surface area contributed by atoms with Gasteiger partial charge in [-0.1, -0.05) is 43.3 Å². The Morgan fingerprint density at radius 3 is 2.44 bits per heavy atom. The fourth-order valence-corrected chi connectivity index (χ4v) is 6.19. The lowest BCUT2D eigenvalue weighted by Gasteiger charge is -2.35. The van der Waals surface area contributed by atoms with Crippen molar-refractivity contribution in [3.8, 4) is 5.75 Å². The Morgan fingerprint density at radius 1 is 0.962 bits per heavy atom. The summed E-state index contributed by atoms with van der Waals surface area (Å²) in [6.07, 6.45) is 1.65. The van der Waals surface area contributed by atoms with Crippen LogP contribution >= 0.6 is 0 Å². The first-order valence-corrected chi connectivity index (χ1v) is 17.7. The monoisotopic (exact) mass is 713 g/mol. The van der Waals surface area contributed by atoms with E-state index in [2.05, 4.69) is 16.0 Å². The number of benzene rings is 4. The van der Waals surface area contributed by atoms with Gasteiger partial charge in [0.15, 0.2) is 0 Å². The molecule has 11 nitrogen and oxygen atoms in total. The van der Waals surface area contributed by atoms with Crippen LogP contribution < -0.4 is 20.7 Å². The summed E-state index contributed by atoms with van der Waals surface area (Å²) in [5, 5.41) is 20.7. The molecule has 1 aliphatic rings. The Morgan fingerprint density at radius 2 is 1.67 bits per heavy atom. The maximum absolute atomic E-state index is 14.4. The van der Waals surface area contributed by atoms with Gasteiger partial charge in [-0.15, -0.1) is 0 Å². The summed E-state index contributed by atoms with van der Waals surface area (Å²) in [6, 6.07) is 22.4. The van der Waals surface area contributed by atoms with Gasteiger partial charge in [0.25, 0.3) is 5.91 Å². The summed E-state index contributed by atoms with van der Waals surface area (Å²) in [5.74, 6) is -0.705. The maximum atomic E-state index is 14.4. The lowest BCUT2D eigenvalue weighted by Crippen LogP contribution is -2.48. The van der Waals surface area contributed by atoms with Crippen molar-refractivity contribution in [3.63, 3.8) is 0 Å². The number of halogens is 1. The fourth-order valence-electron chi connectivity index (χ4n) is 6.19. The second kappa shape index (κ2) is 17.8. The molecule has 0 aromatic heterocycles. The number of nitrogens with one attached hydrogen (secondary N) is 3. The summed E-state index contributed by atoms with van der Waals surface area (Å²) in [7, 11) is 1.72. The van der Waals surface area contributed by atoms with E-state index in [9.17, 15) is 23.9 Å². The van der Waals surface area contributed by atoms with Crippen molar-refractivity contribution >= 4 is 45.8 Å². The number of likely N-dealkylation sites (N-methyl/N-ethyl adjacent to an activating group) is 1. The molecular formula is C40H48FN5O6. The van der Waals surface area contributed by atoms with Crippen molar-refractivity contribution < 1.29 is 33.4 Å². The zero-order valence-electron chi connectivity index (χ0n) is 30.1. The Kier molecular flexibility index (Phi) is 13.0. The molecular weight excluding hydrogens is 665 g/mol. The van der Waals surface area contributed by atoms with E-state index >= 15 is 0 Å². The minimum absolute atomic E-state index is 0.210. The van der Waals surface area contributed by atoms with Crippen LogP contribution in [0.25, 0.3) is 10.8 Å². The summed E-state index contributed by atoms with van der Waals surface area (Å²) in [4.78, 5) is 43.9. The minimum atomic E-state index is -0.572. The van der Waals surface area contributed by atoms with Crippen molar-refractivity contribution in [2.45, 2.75) is 58.3 Å². The number of carbonyl (C=O) groups is 3. The molecule has 12 heteroatoms. The molecule has 4 N–H and O–H groups in total. The normalized spacial score (nSPS) is 19.1. The lowest BCUT2D eigenvalue weighted by atomic mass is 10.0. The minimum Gasteiger partial charge on any atom is -0.490 e. The standard InChI is InChI=1S/C40H48FN5O6/c1-26-23-46(27(2)25-47)38(48)34-22-32(43-39(49)42-31-17-15-30(41)16-18-31)19-20-36(34)52-28(3)10-7-8-21-51-37(26)24-45(4)40(50)44-35-14-9-12-29-11-5-6-13-33(29)35/h5-6,9,11-20,22,26-28,37,47H,7-8,10,21,23-25H2,1-4H3,(H,44,50)(H2,42,43,49)/t26-,27+,28+,37+/m0/s1. The molecule has 1 aliphatic heterocycles. The van der Waals surface area contributed by atoms with E-state index in [1.54, 1.807) is 42.0 Å². The molecule has 0 saturated carbocycles. The molecule has 276 valence electrons. The van der Waals surface area contributed by atoms with Crippen LogP contribution in [0.5, 0.6) is 5.75 Å². The summed E-state index contributed by atoms with van der Waals surface area (Å²) >= 11 is 0. The van der Waals surface area contributed by atoms with Crippen molar-refractivity contribution in [2.24, 2.45) is 5.92 Å².